The third kappa shape index (κ3) is 16.8. The normalized spacial score (nSPS) is 9.71. The standard InChI is InChI=1S/C5H11NO2.C4H11N5/c1-6(2,3)4-5(7)8;1-9(2)4(7)8-3(5)6/h4H2,1-3H3;1-2H3,(H5,5,6,7,8). The van der Waals surface area contributed by atoms with E-state index in [2.05, 4.69) is 4.99 Å². The van der Waals surface area contributed by atoms with Crippen LogP contribution in [-0.2, 0) is 4.79 Å². The van der Waals surface area contributed by atoms with Crippen LogP contribution in [0.25, 0.3) is 0 Å². The maximum atomic E-state index is 9.89. The molecule has 0 aliphatic carbocycles. The molecule has 0 amide bonds. The molecule has 0 bridgehead atoms. The van der Waals surface area contributed by atoms with Gasteiger partial charge in [0.2, 0.25) is 5.96 Å². The molecule has 0 saturated heterocycles. The predicted molar refractivity (Wildman–Crippen MR) is 65.1 cm³/mol. The van der Waals surface area contributed by atoms with Crippen LogP contribution in [0.5, 0.6) is 0 Å². The summed E-state index contributed by atoms with van der Waals surface area (Å²) >= 11 is 0. The number of guanidine groups is 2. The van der Waals surface area contributed by atoms with Crippen molar-refractivity contribution in [1.82, 2.24) is 4.90 Å². The van der Waals surface area contributed by atoms with Crippen LogP contribution in [0.1, 0.15) is 0 Å². The molecule has 0 heterocycles. The minimum atomic E-state index is -1.00. The van der Waals surface area contributed by atoms with E-state index in [1.165, 1.54) is 4.90 Å². The van der Waals surface area contributed by atoms with E-state index in [-0.39, 0.29) is 18.5 Å². The van der Waals surface area contributed by atoms with Gasteiger partial charge < -0.3 is 30.8 Å². The Labute approximate surface area is 102 Å². The molecule has 0 aliphatic heterocycles. The fraction of sp³-hybridized carbons (Fsp3) is 0.667. The summed E-state index contributed by atoms with van der Waals surface area (Å²) in [6.07, 6.45) is 0. The number of nitrogens with zero attached hydrogens (tertiary/aromatic N) is 3. The van der Waals surface area contributed by atoms with Crippen molar-refractivity contribution in [3.63, 3.8) is 0 Å². The Hall–Kier alpha value is -1.83. The van der Waals surface area contributed by atoms with Crippen molar-refractivity contribution in [2.24, 2.45) is 16.5 Å². The Morgan fingerprint density at radius 3 is 1.82 bits per heavy atom. The minimum Gasteiger partial charge on any atom is -0.544 e. The number of hydrogen-bond acceptors (Lipinski definition) is 3. The largest absolute Gasteiger partial charge is 0.544 e. The average molecular weight is 246 g/mol. The third-order valence-electron chi connectivity index (χ3n) is 1.26. The van der Waals surface area contributed by atoms with Crippen LogP contribution in [0.15, 0.2) is 4.99 Å². The number of quaternary nitrogens is 1. The first-order valence-corrected chi connectivity index (χ1v) is 4.81. The van der Waals surface area contributed by atoms with Crippen LogP contribution < -0.4 is 16.6 Å². The van der Waals surface area contributed by atoms with Crippen LogP contribution >= 0.6 is 0 Å². The highest BCUT2D eigenvalue weighted by Gasteiger charge is 2.04. The number of carbonyl (C=O) groups is 1. The number of rotatable bonds is 2. The Morgan fingerprint density at radius 2 is 1.76 bits per heavy atom. The van der Waals surface area contributed by atoms with E-state index in [4.69, 9.17) is 16.9 Å². The molecule has 0 fully saturated rings. The number of nitrogens with two attached hydrogens (primary N) is 2. The number of hydrogen-bond donors (Lipinski definition) is 3. The van der Waals surface area contributed by atoms with Crippen LogP contribution in [0.4, 0.5) is 0 Å². The van der Waals surface area contributed by atoms with Crippen LogP contribution in [0.2, 0.25) is 0 Å². The van der Waals surface area contributed by atoms with Gasteiger partial charge in [-0.15, -0.1) is 0 Å². The van der Waals surface area contributed by atoms with E-state index in [1.54, 1.807) is 35.2 Å². The third-order valence-corrected chi connectivity index (χ3v) is 1.26. The van der Waals surface area contributed by atoms with E-state index in [1.807, 2.05) is 0 Å². The maximum Gasteiger partial charge on any atom is 0.220 e. The number of nitrogens with one attached hydrogen (secondary N) is 1. The molecule has 0 aliphatic rings. The van der Waals surface area contributed by atoms with Gasteiger partial charge in [-0.1, -0.05) is 0 Å². The zero-order chi connectivity index (χ0) is 14.2. The Morgan fingerprint density at radius 1 is 1.35 bits per heavy atom. The molecular weight excluding hydrogens is 224 g/mol. The molecule has 17 heavy (non-hydrogen) atoms. The van der Waals surface area contributed by atoms with Gasteiger partial charge in [-0.3, -0.25) is 5.41 Å². The first-order valence-electron chi connectivity index (χ1n) is 4.81. The Kier molecular flexibility index (Phi) is 7.69. The topological polar surface area (TPSA) is 132 Å². The summed E-state index contributed by atoms with van der Waals surface area (Å²) in [4.78, 5) is 14.8. The lowest BCUT2D eigenvalue weighted by atomic mass is 10.5. The van der Waals surface area contributed by atoms with Gasteiger partial charge in [-0.05, 0) is 0 Å². The molecule has 0 radical (unpaired) electrons. The first kappa shape index (κ1) is 17.6. The van der Waals surface area contributed by atoms with E-state index in [9.17, 15) is 9.90 Å². The van der Waals surface area contributed by atoms with E-state index < -0.39 is 5.97 Å². The number of carbonyl (C=O) groups excluding carboxylic acids is 1. The van der Waals surface area contributed by atoms with Crippen molar-refractivity contribution in [3.8, 4) is 0 Å². The quantitative estimate of drug-likeness (QED) is 0.275. The fourth-order valence-corrected chi connectivity index (χ4v) is 0.610. The van der Waals surface area contributed by atoms with Crippen molar-refractivity contribution in [2.75, 3.05) is 41.8 Å². The predicted octanol–water partition coefficient (Wildman–Crippen LogP) is -2.80. The lowest BCUT2D eigenvalue weighted by Gasteiger charge is -2.23. The second-order valence-corrected chi connectivity index (χ2v) is 4.58. The summed E-state index contributed by atoms with van der Waals surface area (Å²) in [7, 11) is 8.78. The SMILES string of the molecule is CN(C)C(=N)N=C(N)N.C[N+](C)(C)CC(=O)[O-]. The van der Waals surface area contributed by atoms with E-state index >= 15 is 0 Å². The molecule has 0 atom stereocenters. The summed E-state index contributed by atoms with van der Waals surface area (Å²) in [5.74, 6) is -1.04. The zero-order valence-corrected chi connectivity index (χ0v) is 11.0. The molecule has 8 heteroatoms. The highest BCUT2D eigenvalue weighted by Crippen LogP contribution is 1.85. The molecule has 0 spiro atoms. The molecule has 8 nitrogen and oxygen atoms in total. The fourth-order valence-electron chi connectivity index (χ4n) is 0.610. The summed E-state index contributed by atoms with van der Waals surface area (Å²) in [6.45, 7) is 0.0694. The van der Waals surface area contributed by atoms with Gasteiger partial charge in [0.1, 0.15) is 6.54 Å². The molecule has 0 aromatic heterocycles. The number of aliphatic imine (C=N–C) groups is 1. The lowest BCUT2D eigenvalue weighted by molar-refractivity contribution is -0.864. The first-order chi connectivity index (χ1) is 7.45. The maximum absolute atomic E-state index is 9.89. The molecule has 0 rings (SSSR count). The molecule has 100 valence electrons. The van der Waals surface area contributed by atoms with Gasteiger partial charge in [-0.2, -0.15) is 4.99 Å². The number of carboxylic acids is 1. The number of aliphatic carboxylic acids is 1. The van der Waals surface area contributed by atoms with Gasteiger partial charge in [0, 0.05) is 14.1 Å². The molecule has 0 unspecified atom stereocenters. The highest BCUT2D eigenvalue weighted by atomic mass is 16.4. The summed E-state index contributed by atoms with van der Waals surface area (Å²) in [5.41, 5.74) is 9.98. The van der Waals surface area contributed by atoms with Crippen molar-refractivity contribution in [2.45, 2.75) is 0 Å². The van der Waals surface area contributed by atoms with Gasteiger partial charge in [0.15, 0.2) is 5.96 Å². The second-order valence-electron chi connectivity index (χ2n) is 4.58. The molecule has 0 aromatic carbocycles. The monoisotopic (exact) mass is 246 g/mol. The van der Waals surface area contributed by atoms with Crippen molar-refractivity contribution >= 4 is 17.9 Å². The van der Waals surface area contributed by atoms with Crippen LogP contribution in [-0.4, -0.2) is 69.1 Å². The van der Waals surface area contributed by atoms with E-state index in [0.29, 0.717) is 4.48 Å². The summed E-state index contributed by atoms with van der Waals surface area (Å²) < 4.78 is 0.419. The highest BCUT2D eigenvalue weighted by molar-refractivity contribution is 5.91. The molecule has 5 N–H and O–H groups in total. The molecule has 0 aromatic rings. The lowest BCUT2D eigenvalue weighted by Crippen LogP contribution is -2.45. The number of likely N-dealkylation sites (N-methyl/N-ethyl adjacent to an activating group) is 1. The van der Waals surface area contributed by atoms with E-state index in [0.717, 1.165) is 0 Å². The average Bonchev–Trinajstić information content (AvgIpc) is 1.98. The number of carboxylic acid groups (broad SMARTS) is 1. The molecule has 0 saturated carbocycles. The Bertz CT molecular complexity index is 288. The zero-order valence-electron chi connectivity index (χ0n) is 11.0. The van der Waals surface area contributed by atoms with Crippen LogP contribution in [0.3, 0.4) is 0 Å². The van der Waals surface area contributed by atoms with Gasteiger partial charge in [0.05, 0.1) is 27.1 Å². The van der Waals surface area contributed by atoms with Gasteiger partial charge in [-0.25, -0.2) is 0 Å². The summed E-state index contributed by atoms with van der Waals surface area (Å²) in [6, 6.07) is 0. The smallest absolute Gasteiger partial charge is 0.220 e. The minimum absolute atomic E-state index is 0.0509. The Balaban J connectivity index is 0. The van der Waals surface area contributed by atoms with Crippen LogP contribution in [0, 0.1) is 5.41 Å². The van der Waals surface area contributed by atoms with Crippen molar-refractivity contribution in [1.29, 1.82) is 5.41 Å². The van der Waals surface area contributed by atoms with Crippen molar-refractivity contribution < 1.29 is 14.4 Å². The van der Waals surface area contributed by atoms with Gasteiger partial charge >= 0.3 is 0 Å². The molecular formula is C9H22N6O2. The van der Waals surface area contributed by atoms with Gasteiger partial charge in [0.25, 0.3) is 0 Å². The van der Waals surface area contributed by atoms with Crippen molar-refractivity contribution in [3.05, 3.63) is 0 Å². The summed E-state index contributed by atoms with van der Waals surface area (Å²) in [5, 5.41) is 16.9. The second kappa shape index (κ2) is 7.44.